The summed E-state index contributed by atoms with van der Waals surface area (Å²) in [6, 6.07) is 3.12. The first kappa shape index (κ1) is 19.0. The van der Waals surface area contributed by atoms with E-state index in [0.29, 0.717) is 31.0 Å². The Bertz CT molecular complexity index is 1050. The molecule has 4 rings (SSSR count). The molecule has 11 heteroatoms. The highest BCUT2D eigenvalue weighted by Gasteiger charge is 2.37. The van der Waals surface area contributed by atoms with Crippen LogP contribution in [-0.2, 0) is 31.0 Å². The van der Waals surface area contributed by atoms with Crippen LogP contribution in [-0.4, -0.2) is 42.3 Å². The summed E-state index contributed by atoms with van der Waals surface area (Å²) in [5, 5.41) is 13.8. The quantitative estimate of drug-likeness (QED) is 0.699. The van der Waals surface area contributed by atoms with E-state index in [1.54, 1.807) is 11.0 Å². The van der Waals surface area contributed by atoms with Crippen LogP contribution >= 0.6 is 0 Å². The molecule has 29 heavy (non-hydrogen) atoms. The first-order valence-corrected chi connectivity index (χ1v) is 8.88. The van der Waals surface area contributed by atoms with Gasteiger partial charge in [0.05, 0.1) is 29.7 Å². The summed E-state index contributed by atoms with van der Waals surface area (Å²) in [5.41, 5.74) is 1.53. The zero-order valence-electron chi connectivity index (χ0n) is 15.7. The van der Waals surface area contributed by atoms with E-state index in [2.05, 4.69) is 25.6 Å². The van der Waals surface area contributed by atoms with Gasteiger partial charge in [-0.3, -0.25) is 19.6 Å². The van der Waals surface area contributed by atoms with Crippen LogP contribution in [0.4, 0.5) is 24.7 Å². The minimum absolute atomic E-state index is 0.00856. The summed E-state index contributed by atoms with van der Waals surface area (Å²) in [4.78, 5) is 17.5. The fraction of sp³-hybridized carbons (Fsp3) is 0.333. The molecule has 0 unspecified atom stereocenters. The highest BCUT2D eigenvalue weighted by molar-refractivity contribution is 5.74. The Hall–Kier alpha value is -3.37. The molecule has 1 amide bonds. The lowest BCUT2D eigenvalue weighted by molar-refractivity contribution is -0.141. The molecule has 0 aliphatic carbocycles. The molecule has 0 fully saturated rings. The second-order valence-electron chi connectivity index (χ2n) is 6.84. The van der Waals surface area contributed by atoms with E-state index in [4.69, 9.17) is 0 Å². The summed E-state index contributed by atoms with van der Waals surface area (Å²) in [6.45, 7) is 2.60. The van der Waals surface area contributed by atoms with Crippen molar-refractivity contribution in [3.63, 3.8) is 0 Å². The van der Waals surface area contributed by atoms with Gasteiger partial charge in [-0.15, -0.1) is 0 Å². The molecule has 152 valence electrons. The Balaban J connectivity index is 1.57. The zero-order valence-corrected chi connectivity index (χ0v) is 15.7. The van der Waals surface area contributed by atoms with Gasteiger partial charge in [0.25, 0.3) is 0 Å². The number of carbonyl (C=O) groups excluding carboxylic acids is 1. The largest absolute Gasteiger partial charge is 0.435 e. The van der Waals surface area contributed by atoms with Crippen molar-refractivity contribution in [2.45, 2.75) is 26.1 Å². The third kappa shape index (κ3) is 3.67. The van der Waals surface area contributed by atoms with E-state index in [1.165, 1.54) is 32.4 Å². The number of pyridine rings is 1. The predicted octanol–water partition coefficient (Wildman–Crippen LogP) is 2.87. The number of amides is 1. The molecule has 3 aromatic rings. The lowest BCUT2D eigenvalue weighted by Crippen LogP contribution is -2.34. The van der Waals surface area contributed by atoms with Gasteiger partial charge < -0.3 is 10.2 Å². The van der Waals surface area contributed by atoms with Crippen LogP contribution in [0.25, 0.3) is 11.3 Å². The normalized spacial score (nSPS) is 14.0. The number of hydrogen-bond donors (Lipinski definition) is 2. The second-order valence-corrected chi connectivity index (χ2v) is 6.84. The summed E-state index contributed by atoms with van der Waals surface area (Å²) in [6.07, 6.45) is -1.15. The molecule has 8 nitrogen and oxygen atoms in total. The smallest absolute Gasteiger partial charge is 0.338 e. The predicted molar refractivity (Wildman–Crippen MR) is 98.1 cm³/mol. The topological polar surface area (TPSA) is 91.7 Å². The molecule has 0 aromatic carbocycles. The van der Waals surface area contributed by atoms with Gasteiger partial charge in [0.1, 0.15) is 0 Å². The van der Waals surface area contributed by atoms with E-state index in [0.717, 1.165) is 15.9 Å². The van der Waals surface area contributed by atoms with Crippen LogP contribution in [0, 0.1) is 0 Å². The van der Waals surface area contributed by atoms with E-state index >= 15 is 0 Å². The van der Waals surface area contributed by atoms with Gasteiger partial charge in [-0.25, -0.2) is 0 Å². The first-order valence-electron chi connectivity index (χ1n) is 8.88. The summed E-state index contributed by atoms with van der Waals surface area (Å²) >= 11 is 0. The molecule has 0 bridgehead atoms. The van der Waals surface area contributed by atoms with Crippen molar-refractivity contribution in [1.29, 1.82) is 0 Å². The van der Waals surface area contributed by atoms with Crippen molar-refractivity contribution in [2.75, 3.05) is 11.9 Å². The number of anilines is 2. The molecule has 0 saturated heterocycles. The maximum atomic E-state index is 13.2. The number of aromatic amines is 1. The van der Waals surface area contributed by atoms with Gasteiger partial charge in [0.2, 0.25) is 5.91 Å². The number of fused-ring (bicyclic) bond motifs is 1. The van der Waals surface area contributed by atoms with Gasteiger partial charge in [-0.2, -0.15) is 23.4 Å². The number of halogens is 3. The highest BCUT2D eigenvalue weighted by Crippen LogP contribution is 2.35. The van der Waals surface area contributed by atoms with Gasteiger partial charge in [-0.05, 0) is 12.1 Å². The number of H-pyrrole nitrogens is 1. The maximum Gasteiger partial charge on any atom is 0.435 e. The lowest BCUT2D eigenvalue weighted by Gasteiger charge is -2.25. The molecule has 0 atom stereocenters. The molecule has 3 aromatic heterocycles. The molecule has 4 heterocycles. The molecular weight excluding hydrogens is 387 g/mol. The maximum absolute atomic E-state index is 13.2. The van der Waals surface area contributed by atoms with Crippen LogP contribution in [0.3, 0.4) is 0 Å². The third-order valence-corrected chi connectivity index (χ3v) is 4.78. The molecule has 0 saturated carbocycles. The number of rotatable bonds is 3. The number of nitrogens with one attached hydrogen (secondary N) is 2. The number of aromatic nitrogens is 5. The Morgan fingerprint density at radius 2 is 2.10 bits per heavy atom. The number of aryl methyl sites for hydroxylation is 1. The number of hydrogen-bond acceptors (Lipinski definition) is 5. The van der Waals surface area contributed by atoms with Crippen LogP contribution < -0.4 is 5.32 Å². The standard InChI is InChI=1S/C18H18F3N7O/c1-10(29)28-6-5-15-13(9-28)17(25-24-15)23-11-3-4-14(22-7-11)12-8-27(2)26-16(12)18(19,20)21/h3-4,7-8H,5-6,9H2,1-2H3,(H2,23,24,25). The van der Waals surface area contributed by atoms with Crippen molar-refractivity contribution < 1.29 is 18.0 Å². The van der Waals surface area contributed by atoms with E-state index < -0.39 is 11.9 Å². The van der Waals surface area contributed by atoms with Crippen molar-refractivity contribution in [1.82, 2.24) is 29.9 Å². The first-order chi connectivity index (χ1) is 13.7. The third-order valence-electron chi connectivity index (χ3n) is 4.78. The van der Waals surface area contributed by atoms with Crippen LogP contribution in [0.1, 0.15) is 23.9 Å². The SMILES string of the molecule is CC(=O)N1CCc2[nH]nc(Nc3ccc(-c4cn(C)nc4C(F)(F)F)nc3)c2C1. The minimum Gasteiger partial charge on any atom is -0.338 e. The van der Waals surface area contributed by atoms with Gasteiger partial charge in [-0.1, -0.05) is 0 Å². The van der Waals surface area contributed by atoms with Gasteiger partial charge >= 0.3 is 6.18 Å². The second kappa shape index (κ2) is 6.90. The van der Waals surface area contributed by atoms with Crippen molar-refractivity contribution in [3.05, 3.63) is 41.5 Å². The number of nitrogens with zero attached hydrogens (tertiary/aromatic N) is 5. The van der Waals surface area contributed by atoms with Crippen molar-refractivity contribution in [3.8, 4) is 11.3 Å². The van der Waals surface area contributed by atoms with E-state index in [9.17, 15) is 18.0 Å². The molecule has 2 N–H and O–H groups in total. The van der Waals surface area contributed by atoms with E-state index in [1.807, 2.05) is 0 Å². The summed E-state index contributed by atoms with van der Waals surface area (Å²) < 4.78 is 40.6. The van der Waals surface area contributed by atoms with E-state index in [-0.39, 0.29) is 17.2 Å². The van der Waals surface area contributed by atoms with Crippen LogP contribution in [0.2, 0.25) is 0 Å². The summed E-state index contributed by atoms with van der Waals surface area (Å²) in [7, 11) is 1.43. The van der Waals surface area contributed by atoms with Gasteiger partial charge in [0, 0.05) is 44.4 Å². The number of carbonyl (C=O) groups is 1. The molecule has 0 spiro atoms. The number of alkyl halides is 3. The Kier molecular flexibility index (Phi) is 4.52. The fourth-order valence-electron chi connectivity index (χ4n) is 3.32. The monoisotopic (exact) mass is 405 g/mol. The van der Waals surface area contributed by atoms with Crippen LogP contribution in [0.15, 0.2) is 24.5 Å². The molecule has 0 radical (unpaired) electrons. The highest BCUT2D eigenvalue weighted by atomic mass is 19.4. The molecule has 1 aliphatic heterocycles. The average molecular weight is 405 g/mol. The zero-order chi connectivity index (χ0) is 20.8. The average Bonchev–Trinajstić information content (AvgIpc) is 3.25. The van der Waals surface area contributed by atoms with Gasteiger partial charge in [0.15, 0.2) is 11.5 Å². The Labute approximate surface area is 163 Å². The minimum atomic E-state index is -4.56. The summed E-state index contributed by atoms with van der Waals surface area (Å²) in [5.74, 6) is 0.559. The Morgan fingerprint density at radius 3 is 2.76 bits per heavy atom. The lowest BCUT2D eigenvalue weighted by atomic mass is 10.1. The van der Waals surface area contributed by atoms with Crippen molar-refractivity contribution in [2.24, 2.45) is 7.05 Å². The Morgan fingerprint density at radius 1 is 1.31 bits per heavy atom. The van der Waals surface area contributed by atoms with Crippen molar-refractivity contribution >= 4 is 17.4 Å². The van der Waals surface area contributed by atoms with Crippen LogP contribution in [0.5, 0.6) is 0 Å². The molecule has 1 aliphatic rings. The fourth-order valence-corrected chi connectivity index (χ4v) is 3.32. The molecular formula is C18H18F3N7O.